The topological polar surface area (TPSA) is 58.2 Å². The van der Waals surface area contributed by atoms with E-state index in [4.69, 9.17) is 11.6 Å². The fourth-order valence-corrected chi connectivity index (χ4v) is 3.42. The number of nitrogens with one attached hydrogen (secondary N) is 2. The van der Waals surface area contributed by atoms with Gasteiger partial charge in [-0.1, -0.05) is 11.6 Å². The monoisotopic (exact) mass is 306 g/mol. The molecule has 1 aromatic carbocycles. The molecule has 1 heterocycles. The highest BCUT2D eigenvalue weighted by atomic mass is 35.5. The first-order chi connectivity index (χ1) is 8.99. The number of hydrogen-bond acceptors (Lipinski definition) is 3. The Labute approximate surface area is 117 Å². The summed E-state index contributed by atoms with van der Waals surface area (Å²) >= 11 is 5.58. The first-order valence-corrected chi connectivity index (χ1v) is 8.03. The third kappa shape index (κ3) is 3.89. The molecule has 0 aliphatic carbocycles. The highest BCUT2D eigenvalue weighted by Gasteiger charge is 2.18. The number of halogens is 2. The van der Waals surface area contributed by atoms with Gasteiger partial charge in [0.15, 0.2) is 0 Å². The maximum absolute atomic E-state index is 13.0. The quantitative estimate of drug-likeness (QED) is 0.873. The SMILES string of the molecule is O=S(=O)(NCC[C@@H]1CCCN1)c1ccc(F)c(Cl)c1. The summed E-state index contributed by atoms with van der Waals surface area (Å²) in [6.07, 6.45) is 2.95. The van der Waals surface area contributed by atoms with Crippen LogP contribution in [0.2, 0.25) is 5.02 Å². The summed E-state index contributed by atoms with van der Waals surface area (Å²) in [6.45, 7) is 1.35. The third-order valence-electron chi connectivity index (χ3n) is 3.15. The summed E-state index contributed by atoms with van der Waals surface area (Å²) in [6, 6.07) is 3.75. The van der Waals surface area contributed by atoms with Crippen LogP contribution in [0, 0.1) is 5.82 Å². The molecule has 7 heteroatoms. The molecule has 19 heavy (non-hydrogen) atoms. The van der Waals surface area contributed by atoms with Crippen LogP contribution in [0.15, 0.2) is 23.1 Å². The van der Waals surface area contributed by atoms with Gasteiger partial charge in [0.2, 0.25) is 10.0 Å². The molecule has 0 amide bonds. The second-order valence-corrected chi connectivity index (χ2v) is 6.73. The Morgan fingerprint density at radius 3 is 2.89 bits per heavy atom. The molecule has 106 valence electrons. The Morgan fingerprint density at radius 2 is 2.26 bits per heavy atom. The van der Waals surface area contributed by atoms with E-state index in [9.17, 15) is 12.8 Å². The minimum absolute atomic E-state index is 0.0155. The molecular formula is C12H16ClFN2O2S. The van der Waals surface area contributed by atoms with Crippen LogP contribution in [0.3, 0.4) is 0 Å². The van der Waals surface area contributed by atoms with Crippen molar-refractivity contribution >= 4 is 21.6 Å². The molecule has 2 rings (SSSR count). The average molecular weight is 307 g/mol. The van der Waals surface area contributed by atoms with Gasteiger partial charge in [-0.25, -0.2) is 17.5 Å². The molecule has 1 aliphatic heterocycles. The van der Waals surface area contributed by atoms with Gasteiger partial charge >= 0.3 is 0 Å². The van der Waals surface area contributed by atoms with Gasteiger partial charge < -0.3 is 5.32 Å². The number of sulfonamides is 1. The molecular weight excluding hydrogens is 291 g/mol. The molecule has 0 spiro atoms. The lowest BCUT2D eigenvalue weighted by atomic mass is 10.2. The molecule has 1 aromatic rings. The van der Waals surface area contributed by atoms with E-state index in [-0.39, 0.29) is 9.92 Å². The predicted octanol–water partition coefficient (Wildman–Crippen LogP) is 1.90. The van der Waals surface area contributed by atoms with Gasteiger partial charge in [-0.15, -0.1) is 0 Å². The Hall–Kier alpha value is -0.690. The first-order valence-electron chi connectivity index (χ1n) is 6.17. The van der Waals surface area contributed by atoms with Crippen LogP contribution in [-0.4, -0.2) is 27.5 Å². The van der Waals surface area contributed by atoms with Gasteiger partial charge in [0, 0.05) is 12.6 Å². The van der Waals surface area contributed by atoms with Gasteiger partial charge in [0.25, 0.3) is 0 Å². The van der Waals surface area contributed by atoms with E-state index in [0.29, 0.717) is 12.6 Å². The Kier molecular flexibility index (Phi) is 4.78. The van der Waals surface area contributed by atoms with Crippen LogP contribution in [0.1, 0.15) is 19.3 Å². The molecule has 0 bridgehead atoms. The first kappa shape index (κ1) is 14.7. The minimum atomic E-state index is -3.62. The van der Waals surface area contributed by atoms with Crippen LogP contribution in [0.4, 0.5) is 4.39 Å². The van der Waals surface area contributed by atoms with Crippen molar-refractivity contribution in [2.45, 2.75) is 30.2 Å². The van der Waals surface area contributed by atoms with Crippen LogP contribution >= 0.6 is 11.6 Å². The van der Waals surface area contributed by atoms with Crippen LogP contribution in [0.25, 0.3) is 0 Å². The normalized spacial score (nSPS) is 19.8. The van der Waals surface area contributed by atoms with Crippen LogP contribution in [-0.2, 0) is 10.0 Å². The van der Waals surface area contributed by atoms with Crippen molar-refractivity contribution < 1.29 is 12.8 Å². The molecule has 1 saturated heterocycles. The lowest BCUT2D eigenvalue weighted by Gasteiger charge is -2.11. The fraction of sp³-hybridized carbons (Fsp3) is 0.500. The van der Waals surface area contributed by atoms with Crippen molar-refractivity contribution in [2.75, 3.05) is 13.1 Å². The van der Waals surface area contributed by atoms with Crippen LogP contribution in [0.5, 0.6) is 0 Å². The van der Waals surface area contributed by atoms with Crippen molar-refractivity contribution in [3.05, 3.63) is 29.0 Å². The van der Waals surface area contributed by atoms with Gasteiger partial charge in [-0.3, -0.25) is 0 Å². The summed E-state index contributed by atoms with van der Waals surface area (Å²) in [4.78, 5) is -0.0155. The van der Waals surface area contributed by atoms with Gasteiger partial charge in [0.05, 0.1) is 9.92 Å². The second-order valence-electron chi connectivity index (χ2n) is 4.56. The molecule has 2 N–H and O–H groups in total. The molecule has 4 nitrogen and oxygen atoms in total. The van der Waals surface area contributed by atoms with Crippen molar-refractivity contribution in [1.29, 1.82) is 0 Å². The van der Waals surface area contributed by atoms with Crippen molar-refractivity contribution in [3.63, 3.8) is 0 Å². The van der Waals surface area contributed by atoms with E-state index in [2.05, 4.69) is 10.0 Å². The molecule has 1 atom stereocenters. The van der Waals surface area contributed by atoms with E-state index < -0.39 is 15.8 Å². The highest BCUT2D eigenvalue weighted by molar-refractivity contribution is 7.89. The number of benzene rings is 1. The van der Waals surface area contributed by atoms with Gasteiger partial charge in [-0.05, 0) is 44.0 Å². The van der Waals surface area contributed by atoms with E-state index >= 15 is 0 Å². The Morgan fingerprint density at radius 1 is 1.47 bits per heavy atom. The van der Waals surface area contributed by atoms with Crippen LogP contribution < -0.4 is 10.0 Å². The zero-order valence-corrected chi connectivity index (χ0v) is 11.9. The smallest absolute Gasteiger partial charge is 0.240 e. The maximum atomic E-state index is 13.0. The van der Waals surface area contributed by atoms with E-state index in [1.165, 1.54) is 6.07 Å². The Balaban J connectivity index is 1.95. The van der Waals surface area contributed by atoms with E-state index in [1.807, 2.05) is 0 Å². The molecule has 0 saturated carbocycles. The average Bonchev–Trinajstić information content (AvgIpc) is 2.85. The van der Waals surface area contributed by atoms with E-state index in [1.54, 1.807) is 0 Å². The lowest BCUT2D eigenvalue weighted by Crippen LogP contribution is -2.30. The zero-order chi connectivity index (χ0) is 13.9. The van der Waals surface area contributed by atoms with Gasteiger partial charge in [-0.2, -0.15) is 0 Å². The number of rotatable bonds is 5. The summed E-state index contributed by atoms with van der Waals surface area (Å²) < 4.78 is 39.4. The summed E-state index contributed by atoms with van der Waals surface area (Å²) in [5.74, 6) is -0.629. The second kappa shape index (κ2) is 6.17. The highest BCUT2D eigenvalue weighted by Crippen LogP contribution is 2.19. The predicted molar refractivity (Wildman–Crippen MR) is 72.2 cm³/mol. The summed E-state index contributed by atoms with van der Waals surface area (Å²) in [5, 5.41) is 3.10. The summed E-state index contributed by atoms with van der Waals surface area (Å²) in [5.41, 5.74) is 0. The minimum Gasteiger partial charge on any atom is -0.314 e. The Bertz CT molecular complexity index is 545. The van der Waals surface area contributed by atoms with Crippen molar-refractivity contribution in [2.24, 2.45) is 0 Å². The molecule has 1 aliphatic rings. The summed E-state index contributed by atoms with van der Waals surface area (Å²) in [7, 11) is -3.62. The largest absolute Gasteiger partial charge is 0.314 e. The fourth-order valence-electron chi connectivity index (χ4n) is 2.10. The number of hydrogen-bond donors (Lipinski definition) is 2. The molecule has 0 radical (unpaired) electrons. The van der Waals surface area contributed by atoms with Crippen molar-refractivity contribution in [3.8, 4) is 0 Å². The van der Waals surface area contributed by atoms with Crippen molar-refractivity contribution in [1.82, 2.24) is 10.0 Å². The lowest BCUT2D eigenvalue weighted by molar-refractivity contribution is 0.539. The molecule has 0 unspecified atom stereocenters. The molecule has 1 fully saturated rings. The third-order valence-corrected chi connectivity index (χ3v) is 4.90. The standard InChI is InChI=1S/C12H16ClFN2O2S/c13-11-8-10(3-4-12(11)14)19(17,18)16-7-5-9-2-1-6-15-9/h3-4,8-9,15-16H,1-2,5-7H2/t9-/m0/s1. The van der Waals surface area contributed by atoms with E-state index in [0.717, 1.165) is 37.9 Å². The zero-order valence-electron chi connectivity index (χ0n) is 10.3. The molecule has 0 aromatic heterocycles. The van der Waals surface area contributed by atoms with Gasteiger partial charge in [0.1, 0.15) is 5.82 Å². The maximum Gasteiger partial charge on any atom is 0.240 e.